The number of rotatable bonds is 7. The van der Waals surface area contributed by atoms with Crippen molar-refractivity contribution in [2.24, 2.45) is 5.14 Å². The monoisotopic (exact) mass is 475 g/mol. The van der Waals surface area contributed by atoms with Crippen molar-refractivity contribution in [1.29, 1.82) is 0 Å². The first-order valence-corrected chi connectivity index (χ1v) is 12.5. The third-order valence-corrected chi connectivity index (χ3v) is 7.61. The molecule has 0 saturated heterocycles. The van der Waals surface area contributed by atoms with Gasteiger partial charge in [-0.15, -0.1) is 10.2 Å². The minimum Gasteiger partial charge on any atom is -0.357 e. The number of sulfonamides is 1. The molecule has 0 bridgehead atoms. The predicted molar refractivity (Wildman–Crippen MR) is 113 cm³/mol. The second kappa shape index (κ2) is 8.23. The van der Waals surface area contributed by atoms with Crippen molar-refractivity contribution < 1.29 is 22.6 Å². The number of hydrogen-bond acceptors (Lipinski definition) is 8. The van der Waals surface area contributed by atoms with Crippen LogP contribution in [0.3, 0.4) is 0 Å². The molecular weight excluding hydrogens is 456 g/mol. The van der Waals surface area contributed by atoms with Crippen LogP contribution in [0.15, 0.2) is 64.6 Å². The molecule has 32 heavy (non-hydrogen) atoms. The smallest absolute Gasteiger partial charge is 0.240 e. The van der Waals surface area contributed by atoms with E-state index in [1.54, 1.807) is 41.3 Å². The van der Waals surface area contributed by atoms with E-state index in [9.17, 15) is 16.8 Å². The minimum atomic E-state index is -4.51. The van der Waals surface area contributed by atoms with Gasteiger partial charge in [0, 0.05) is 12.4 Å². The number of nitrogens with one attached hydrogen (secondary N) is 1. The molecule has 4 rings (SSSR count). The Labute approximate surface area is 183 Å². The highest BCUT2D eigenvalue weighted by molar-refractivity contribution is 7.93. The molecule has 14 heteroatoms. The molecular formula is C18H19N8O4S2+. The Hall–Kier alpha value is -3.46. The lowest BCUT2D eigenvalue weighted by molar-refractivity contribution is -0.360. The molecule has 2 aromatic carbocycles. The van der Waals surface area contributed by atoms with E-state index in [1.165, 1.54) is 12.1 Å². The molecule has 0 fully saturated rings. The van der Waals surface area contributed by atoms with Crippen molar-refractivity contribution in [3.05, 3.63) is 54.9 Å². The van der Waals surface area contributed by atoms with Gasteiger partial charge in [-0.3, -0.25) is 0 Å². The van der Waals surface area contributed by atoms with Crippen LogP contribution in [0.25, 0.3) is 28.2 Å². The Morgan fingerprint density at radius 3 is 2.53 bits per heavy atom. The summed E-state index contributed by atoms with van der Waals surface area (Å²) in [5.74, 6) is -0.463. The van der Waals surface area contributed by atoms with Gasteiger partial charge in [0.15, 0.2) is 9.84 Å². The van der Waals surface area contributed by atoms with E-state index in [0.717, 1.165) is 0 Å². The Kier molecular flexibility index (Phi) is 5.60. The van der Waals surface area contributed by atoms with Crippen LogP contribution in [-0.2, 0) is 19.9 Å². The maximum absolute atomic E-state index is 12.8. The highest BCUT2D eigenvalue weighted by Gasteiger charge is 2.32. The number of aromatic amines is 1. The Balaban J connectivity index is 2.07. The molecule has 2 heterocycles. The van der Waals surface area contributed by atoms with Gasteiger partial charge in [-0.25, -0.2) is 26.7 Å². The average Bonchev–Trinajstić information content (AvgIpc) is 3.46. The number of quaternary nitrogens is 1. The summed E-state index contributed by atoms with van der Waals surface area (Å²) in [6, 6.07) is 11.6. The van der Waals surface area contributed by atoms with Crippen molar-refractivity contribution in [1.82, 2.24) is 30.4 Å². The lowest BCUT2D eigenvalue weighted by Gasteiger charge is -2.16. The van der Waals surface area contributed by atoms with Crippen molar-refractivity contribution in [3.63, 3.8) is 0 Å². The fourth-order valence-electron chi connectivity index (χ4n) is 3.36. The summed E-state index contributed by atoms with van der Waals surface area (Å²) in [5, 5.41) is 23.2. The molecule has 4 aromatic rings. The minimum absolute atomic E-state index is 0.0532. The number of nitrogens with two attached hydrogens (primary N) is 1. The van der Waals surface area contributed by atoms with Crippen molar-refractivity contribution in [2.75, 3.05) is 12.3 Å². The number of primary sulfonamides is 1. The summed E-state index contributed by atoms with van der Waals surface area (Å²) in [7, 11) is -8.52. The molecule has 0 atom stereocenters. The Morgan fingerprint density at radius 2 is 1.91 bits per heavy atom. The summed E-state index contributed by atoms with van der Waals surface area (Å²) >= 11 is 0. The molecule has 0 aliphatic rings. The Morgan fingerprint density at radius 1 is 1.09 bits per heavy atom. The highest BCUT2D eigenvalue weighted by Crippen LogP contribution is 2.39. The van der Waals surface area contributed by atoms with Gasteiger partial charge >= 0.3 is 0 Å². The van der Waals surface area contributed by atoms with E-state index in [1.807, 2.05) is 6.07 Å². The van der Waals surface area contributed by atoms with Crippen LogP contribution in [0.2, 0.25) is 0 Å². The molecule has 0 saturated carbocycles. The van der Waals surface area contributed by atoms with E-state index < -0.39 is 29.7 Å². The van der Waals surface area contributed by atoms with E-state index in [2.05, 4.69) is 31.5 Å². The van der Waals surface area contributed by atoms with Crippen LogP contribution in [0.5, 0.6) is 0 Å². The summed E-state index contributed by atoms with van der Waals surface area (Å²) in [4.78, 5) is -1.02. The maximum atomic E-state index is 12.8. The first-order valence-electron chi connectivity index (χ1n) is 9.28. The molecule has 0 aliphatic carbocycles. The highest BCUT2D eigenvalue weighted by atomic mass is 32.2. The van der Waals surface area contributed by atoms with Gasteiger partial charge in [-0.05, 0) is 40.6 Å². The number of sulfone groups is 1. The summed E-state index contributed by atoms with van der Waals surface area (Å²) in [6.07, 6.45) is 3.38. The van der Waals surface area contributed by atoms with Crippen molar-refractivity contribution >= 4 is 19.9 Å². The number of tetrazole rings is 1. The van der Waals surface area contributed by atoms with Gasteiger partial charge in [0.1, 0.15) is 10.6 Å². The van der Waals surface area contributed by atoms with Crippen LogP contribution in [-0.4, -0.2) is 59.5 Å². The Bertz CT molecular complexity index is 1470. The molecule has 166 valence electrons. The second-order valence-electron chi connectivity index (χ2n) is 6.77. The normalized spacial score (nSPS) is 12.2. The quantitative estimate of drug-likeness (QED) is 0.314. The third-order valence-electron chi connectivity index (χ3n) is 4.65. The van der Waals surface area contributed by atoms with Crippen LogP contribution in [0, 0.1) is 0 Å². The summed E-state index contributed by atoms with van der Waals surface area (Å²) < 4.78 is 52.6. The van der Waals surface area contributed by atoms with Crippen LogP contribution < -0.4 is 10.9 Å². The zero-order chi connectivity index (χ0) is 22.9. The van der Waals surface area contributed by atoms with Gasteiger partial charge in [-0.2, -0.15) is 10.3 Å². The molecule has 0 unspecified atom stereocenters. The topological polar surface area (TPSA) is 194 Å². The number of H-pyrrole nitrogens is 1. The van der Waals surface area contributed by atoms with E-state index in [-0.39, 0.29) is 23.7 Å². The fourth-order valence-corrected chi connectivity index (χ4v) is 6.18. The fraction of sp³-hybridized carbons (Fsp3) is 0.111. The number of hydrogen-bond donors (Lipinski definition) is 3. The third kappa shape index (κ3) is 4.03. The summed E-state index contributed by atoms with van der Waals surface area (Å²) in [5.41, 5.74) is 5.12. The largest absolute Gasteiger partial charge is 0.357 e. The second-order valence-corrected chi connectivity index (χ2v) is 10.3. The average molecular weight is 476 g/mol. The van der Waals surface area contributed by atoms with Crippen LogP contribution >= 0.6 is 0 Å². The molecule has 0 aliphatic heterocycles. The zero-order valence-electron chi connectivity index (χ0n) is 16.6. The van der Waals surface area contributed by atoms with E-state index in [4.69, 9.17) is 5.14 Å². The number of benzene rings is 2. The standard InChI is InChI=1S/C18H18N8O4S2/c19-7-10-31(27,28)15-6-5-14(12-3-1-4-13(11-12)26-9-2-8-21-26)16(17(15)32(20,29)30)18-22-24-25-23-18/h1-6,8-9,11H,7,10,19H2,(H2,20,29,30)(H,22,23,24,25)/p+1. The number of nitrogens with zero attached hydrogens (tertiary/aromatic N) is 5. The lowest BCUT2D eigenvalue weighted by atomic mass is 9.98. The lowest BCUT2D eigenvalue weighted by Crippen LogP contribution is -2.53. The van der Waals surface area contributed by atoms with Gasteiger partial charge in [-0.1, -0.05) is 18.2 Å². The van der Waals surface area contributed by atoms with E-state index in [0.29, 0.717) is 16.8 Å². The van der Waals surface area contributed by atoms with Gasteiger partial charge in [0.25, 0.3) is 0 Å². The predicted octanol–water partition coefficient (Wildman–Crippen LogP) is -0.618. The maximum Gasteiger partial charge on any atom is 0.240 e. The van der Waals surface area contributed by atoms with E-state index >= 15 is 0 Å². The first-order chi connectivity index (χ1) is 15.2. The zero-order valence-corrected chi connectivity index (χ0v) is 18.2. The number of aromatic nitrogens is 6. The SMILES string of the molecule is NS(=O)(=O)c1c(S(=O)(=O)CC[NH3+])ccc(-c2cccc(-n3cccn3)c2)c1-c1nn[nH]n1. The van der Waals surface area contributed by atoms with Crippen LogP contribution in [0.1, 0.15) is 0 Å². The molecule has 0 spiro atoms. The van der Waals surface area contributed by atoms with Crippen LogP contribution in [0.4, 0.5) is 0 Å². The van der Waals surface area contributed by atoms with Crippen molar-refractivity contribution in [3.8, 4) is 28.2 Å². The van der Waals surface area contributed by atoms with Gasteiger partial charge < -0.3 is 5.73 Å². The summed E-state index contributed by atoms with van der Waals surface area (Å²) in [6.45, 7) is 0.0532. The molecule has 0 radical (unpaired) electrons. The van der Waals surface area contributed by atoms with Gasteiger partial charge in [0.05, 0.1) is 22.7 Å². The van der Waals surface area contributed by atoms with Gasteiger partial charge in [0.2, 0.25) is 15.8 Å². The first kappa shape index (κ1) is 21.8. The molecule has 12 nitrogen and oxygen atoms in total. The van der Waals surface area contributed by atoms with Crippen molar-refractivity contribution in [2.45, 2.75) is 9.79 Å². The molecule has 6 N–H and O–H groups in total. The molecule has 0 amide bonds. The molecule has 2 aromatic heterocycles.